The lowest BCUT2D eigenvalue weighted by Crippen LogP contribution is -2.30. The summed E-state index contributed by atoms with van der Waals surface area (Å²) in [6.45, 7) is 4.39. The molecule has 21 heavy (non-hydrogen) atoms. The third-order valence-electron chi connectivity index (χ3n) is 2.99. The van der Waals surface area contributed by atoms with Gasteiger partial charge in [0.15, 0.2) is 4.34 Å². The highest BCUT2D eigenvalue weighted by Crippen LogP contribution is 2.28. The van der Waals surface area contributed by atoms with E-state index in [2.05, 4.69) is 10.3 Å². The molecule has 0 saturated carbocycles. The van der Waals surface area contributed by atoms with Crippen LogP contribution in [0.25, 0.3) is 10.2 Å². The Morgan fingerprint density at radius 1 is 1.43 bits per heavy atom. The smallest absolute Gasteiger partial charge is 0.230 e. The molecule has 114 valence electrons. The number of amides is 1. The van der Waals surface area contributed by atoms with Crippen LogP contribution in [-0.2, 0) is 4.79 Å². The van der Waals surface area contributed by atoms with Gasteiger partial charge >= 0.3 is 0 Å². The number of benzene rings is 1. The number of para-hydroxylation sites is 1. The van der Waals surface area contributed by atoms with E-state index in [4.69, 9.17) is 0 Å². The summed E-state index contributed by atoms with van der Waals surface area (Å²) in [7, 11) is 0. The quantitative estimate of drug-likeness (QED) is 0.769. The number of rotatable bonds is 7. The van der Waals surface area contributed by atoms with E-state index in [9.17, 15) is 9.90 Å². The number of aliphatic hydroxyl groups is 1. The molecule has 0 aliphatic carbocycles. The molecule has 1 amide bonds. The van der Waals surface area contributed by atoms with E-state index in [0.717, 1.165) is 14.6 Å². The maximum Gasteiger partial charge on any atom is 0.230 e. The van der Waals surface area contributed by atoms with E-state index < -0.39 is 0 Å². The van der Waals surface area contributed by atoms with Gasteiger partial charge in [0.05, 0.1) is 22.1 Å². The molecule has 2 aromatic rings. The van der Waals surface area contributed by atoms with Gasteiger partial charge in [0, 0.05) is 6.54 Å². The van der Waals surface area contributed by atoms with E-state index in [1.165, 1.54) is 11.8 Å². The lowest BCUT2D eigenvalue weighted by atomic mass is 10.1. The fourth-order valence-electron chi connectivity index (χ4n) is 2.04. The highest BCUT2D eigenvalue weighted by molar-refractivity contribution is 8.01. The second-order valence-corrected chi connectivity index (χ2v) is 7.48. The van der Waals surface area contributed by atoms with Gasteiger partial charge in [0.2, 0.25) is 5.91 Å². The van der Waals surface area contributed by atoms with Crippen molar-refractivity contribution in [3.63, 3.8) is 0 Å². The van der Waals surface area contributed by atoms with Crippen molar-refractivity contribution in [3.05, 3.63) is 24.3 Å². The van der Waals surface area contributed by atoms with Crippen molar-refractivity contribution in [2.24, 2.45) is 5.92 Å². The highest BCUT2D eigenvalue weighted by Gasteiger charge is 2.10. The van der Waals surface area contributed by atoms with Gasteiger partial charge in [-0.3, -0.25) is 4.79 Å². The van der Waals surface area contributed by atoms with Gasteiger partial charge in [0.25, 0.3) is 0 Å². The Hall–Kier alpha value is -1.11. The number of hydrogen-bond acceptors (Lipinski definition) is 5. The fraction of sp³-hybridized carbons (Fsp3) is 0.467. The fourth-order valence-corrected chi connectivity index (χ4v) is 3.94. The first-order chi connectivity index (χ1) is 10.0. The van der Waals surface area contributed by atoms with Crippen LogP contribution >= 0.6 is 23.1 Å². The third-order valence-corrected chi connectivity index (χ3v) is 5.17. The number of nitrogens with one attached hydrogen (secondary N) is 1. The van der Waals surface area contributed by atoms with Crippen LogP contribution in [0, 0.1) is 5.92 Å². The van der Waals surface area contributed by atoms with Crippen LogP contribution in [0.3, 0.4) is 0 Å². The van der Waals surface area contributed by atoms with E-state index in [0.29, 0.717) is 18.7 Å². The molecule has 1 aromatic heterocycles. The Morgan fingerprint density at radius 2 is 2.19 bits per heavy atom. The largest absolute Gasteiger partial charge is 0.393 e. The Morgan fingerprint density at radius 3 is 2.90 bits per heavy atom. The second kappa shape index (κ2) is 7.77. The van der Waals surface area contributed by atoms with Crippen LogP contribution in [0.4, 0.5) is 0 Å². The molecular weight excluding hydrogens is 304 g/mol. The molecule has 1 heterocycles. The first-order valence-electron chi connectivity index (χ1n) is 6.97. The molecule has 2 rings (SSSR count). The first-order valence-corrected chi connectivity index (χ1v) is 8.78. The Kier molecular flexibility index (Phi) is 6.02. The van der Waals surface area contributed by atoms with Gasteiger partial charge in [-0.15, -0.1) is 11.3 Å². The zero-order chi connectivity index (χ0) is 15.2. The summed E-state index contributed by atoms with van der Waals surface area (Å²) in [6, 6.07) is 7.97. The predicted molar refractivity (Wildman–Crippen MR) is 88.8 cm³/mol. The Bertz CT molecular complexity index is 565. The zero-order valence-electron chi connectivity index (χ0n) is 12.2. The molecule has 0 saturated heterocycles. The number of aliphatic hydroxyl groups excluding tert-OH is 1. The lowest BCUT2D eigenvalue weighted by Gasteiger charge is -2.13. The number of hydrogen-bond donors (Lipinski definition) is 2. The van der Waals surface area contributed by atoms with Gasteiger partial charge in [-0.25, -0.2) is 4.98 Å². The summed E-state index contributed by atoms with van der Waals surface area (Å²) in [6.07, 6.45) is 0.375. The van der Waals surface area contributed by atoms with Crippen molar-refractivity contribution >= 4 is 39.2 Å². The van der Waals surface area contributed by atoms with Crippen LogP contribution in [0.1, 0.15) is 20.3 Å². The summed E-state index contributed by atoms with van der Waals surface area (Å²) in [5, 5.41) is 12.2. The van der Waals surface area contributed by atoms with Crippen molar-refractivity contribution in [3.8, 4) is 0 Å². The number of carbonyl (C=O) groups is 1. The molecule has 1 aromatic carbocycles. The molecule has 0 bridgehead atoms. The number of nitrogens with zero attached hydrogens (tertiary/aromatic N) is 1. The normalized spacial score (nSPS) is 14.0. The van der Waals surface area contributed by atoms with Crippen LogP contribution in [0.15, 0.2) is 28.6 Å². The monoisotopic (exact) mass is 324 g/mol. The summed E-state index contributed by atoms with van der Waals surface area (Å²) < 4.78 is 2.06. The van der Waals surface area contributed by atoms with Crippen molar-refractivity contribution < 1.29 is 9.90 Å². The molecule has 0 aliphatic heterocycles. The second-order valence-electron chi connectivity index (χ2n) is 5.23. The molecule has 0 aliphatic rings. The van der Waals surface area contributed by atoms with Crippen molar-refractivity contribution in [2.75, 3.05) is 12.3 Å². The molecule has 6 heteroatoms. The highest BCUT2D eigenvalue weighted by atomic mass is 32.2. The first kappa shape index (κ1) is 16.3. The molecule has 0 radical (unpaired) electrons. The van der Waals surface area contributed by atoms with Gasteiger partial charge < -0.3 is 10.4 Å². The maximum atomic E-state index is 11.8. The average Bonchev–Trinajstić information content (AvgIpc) is 2.85. The Labute approximate surface area is 133 Å². The van der Waals surface area contributed by atoms with E-state index in [-0.39, 0.29) is 17.9 Å². The lowest BCUT2D eigenvalue weighted by molar-refractivity contribution is -0.118. The summed E-state index contributed by atoms with van der Waals surface area (Å²) >= 11 is 3.08. The summed E-state index contributed by atoms with van der Waals surface area (Å²) in [5.41, 5.74) is 0.982. The van der Waals surface area contributed by atoms with Gasteiger partial charge in [-0.05, 0) is 31.4 Å². The molecule has 2 N–H and O–H groups in total. The van der Waals surface area contributed by atoms with Gasteiger partial charge in [-0.2, -0.15) is 0 Å². The van der Waals surface area contributed by atoms with Crippen molar-refractivity contribution in [2.45, 2.75) is 30.7 Å². The number of carbonyl (C=O) groups excluding carboxylic acids is 1. The maximum absolute atomic E-state index is 11.8. The molecule has 0 fully saturated rings. The Balaban J connectivity index is 1.76. The van der Waals surface area contributed by atoms with Crippen LogP contribution in [-0.4, -0.2) is 34.4 Å². The van der Waals surface area contributed by atoms with E-state index in [1.54, 1.807) is 18.3 Å². The minimum Gasteiger partial charge on any atom is -0.393 e. The zero-order valence-corrected chi connectivity index (χ0v) is 13.8. The predicted octanol–water partition coefficient (Wildman–Crippen LogP) is 2.91. The summed E-state index contributed by atoms with van der Waals surface area (Å²) in [4.78, 5) is 16.3. The van der Waals surface area contributed by atoms with Gasteiger partial charge in [0.1, 0.15) is 0 Å². The number of thioether (sulfide) groups is 1. The molecule has 4 nitrogen and oxygen atoms in total. The topological polar surface area (TPSA) is 62.2 Å². The number of thiazole rings is 1. The van der Waals surface area contributed by atoms with E-state index >= 15 is 0 Å². The summed E-state index contributed by atoms with van der Waals surface area (Å²) in [5.74, 6) is 0.666. The third kappa shape index (κ3) is 5.30. The van der Waals surface area contributed by atoms with Crippen LogP contribution < -0.4 is 5.32 Å². The number of fused-ring (bicyclic) bond motifs is 1. The SMILES string of the molecule is CC(O)CC(C)CNC(=O)CSc1nc2ccccc2s1. The van der Waals surface area contributed by atoms with E-state index in [1.807, 2.05) is 31.2 Å². The minimum atomic E-state index is -0.325. The average molecular weight is 324 g/mol. The van der Waals surface area contributed by atoms with Crippen molar-refractivity contribution in [1.82, 2.24) is 10.3 Å². The molecular formula is C15H20N2O2S2. The molecule has 2 atom stereocenters. The van der Waals surface area contributed by atoms with Crippen LogP contribution in [0.2, 0.25) is 0 Å². The number of aromatic nitrogens is 1. The molecule has 0 spiro atoms. The van der Waals surface area contributed by atoms with Crippen molar-refractivity contribution in [1.29, 1.82) is 0 Å². The minimum absolute atomic E-state index is 0.0108. The standard InChI is InChI=1S/C15H20N2O2S2/c1-10(7-11(2)18)8-16-14(19)9-20-15-17-12-5-3-4-6-13(12)21-15/h3-6,10-11,18H,7-9H2,1-2H3,(H,16,19). The molecule has 2 unspecified atom stereocenters. The van der Waals surface area contributed by atoms with Gasteiger partial charge in [-0.1, -0.05) is 30.8 Å². The van der Waals surface area contributed by atoms with Crippen LogP contribution in [0.5, 0.6) is 0 Å².